The predicted molar refractivity (Wildman–Crippen MR) is 88.4 cm³/mol. The molecule has 4 heteroatoms. The first-order valence-corrected chi connectivity index (χ1v) is 7.95. The van der Waals surface area contributed by atoms with Crippen LogP contribution >= 0.6 is 12.4 Å². The van der Waals surface area contributed by atoms with Crippen molar-refractivity contribution in [3.05, 3.63) is 0 Å². The lowest BCUT2D eigenvalue weighted by molar-refractivity contribution is -0.121. The van der Waals surface area contributed by atoms with Crippen LogP contribution < -0.4 is 10.6 Å². The molecule has 1 saturated heterocycles. The Morgan fingerprint density at radius 1 is 1.20 bits per heavy atom. The molecule has 0 aromatic carbocycles. The van der Waals surface area contributed by atoms with Gasteiger partial charge in [-0.25, -0.2) is 0 Å². The van der Waals surface area contributed by atoms with Crippen LogP contribution in [-0.2, 0) is 4.79 Å². The topological polar surface area (TPSA) is 41.1 Å². The Labute approximate surface area is 131 Å². The second kappa shape index (κ2) is 10.4. The van der Waals surface area contributed by atoms with Crippen LogP contribution in [0.3, 0.4) is 0 Å². The van der Waals surface area contributed by atoms with Crippen LogP contribution in [0.15, 0.2) is 0 Å². The van der Waals surface area contributed by atoms with Gasteiger partial charge in [0.2, 0.25) is 5.91 Å². The van der Waals surface area contributed by atoms with Gasteiger partial charge in [0.25, 0.3) is 0 Å². The maximum Gasteiger partial charge on any atom is 0.220 e. The number of piperidine rings is 1. The number of nitrogens with one attached hydrogen (secondary N) is 2. The standard InChI is InChI=1S/C16H32N2O.ClH/c1-16(2,3)10-4-5-11-18-15(19)7-6-14-8-12-17-13-9-14;/h14,17H,4-13H2,1-3H3,(H,18,19);1H. The lowest BCUT2D eigenvalue weighted by atomic mass is 9.90. The molecule has 1 fully saturated rings. The molecular formula is C16H33ClN2O. The summed E-state index contributed by atoms with van der Waals surface area (Å²) in [7, 11) is 0. The average Bonchev–Trinajstić information content (AvgIpc) is 2.36. The van der Waals surface area contributed by atoms with Gasteiger partial charge in [0.1, 0.15) is 0 Å². The van der Waals surface area contributed by atoms with Crippen molar-refractivity contribution in [2.75, 3.05) is 19.6 Å². The summed E-state index contributed by atoms with van der Waals surface area (Å²) in [5.41, 5.74) is 0.416. The van der Waals surface area contributed by atoms with Gasteiger partial charge < -0.3 is 10.6 Å². The van der Waals surface area contributed by atoms with E-state index in [9.17, 15) is 4.79 Å². The highest BCUT2D eigenvalue weighted by Gasteiger charge is 2.14. The van der Waals surface area contributed by atoms with Crippen LogP contribution in [0, 0.1) is 11.3 Å². The molecule has 0 atom stereocenters. The molecule has 1 aliphatic rings. The first kappa shape index (κ1) is 19.7. The van der Waals surface area contributed by atoms with Gasteiger partial charge in [-0.2, -0.15) is 0 Å². The third-order valence-electron chi connectivity index (χ3n) is 3.91. The fraction of sp³-hybridized carbons (Fsp3) is 0.938. The van der Waals surface area contributed by atoms with Crippen LogP contribution in [0.2, 0.25) is 0 Å². The second-order valence-electron chi connectivity index (χ2n) is 7.10. The summed E-state index contributed by atoms with van der Waals surface area (Å²) in [5.74, 6) is 1.00. The first-order chi connectivity index (χ1) is 8.97. The van der Waals surface area contributed by atoms with Gasteiger partial charge in [0.05, 0.1) is 0 Å². The Bertz CT molecular complexity index is 258. The molecule has 1 heterocycles. The van der Waals surface area contributed by atoms with Crippen LogP contribution in [0.25, 0.3) is 0 Å². The van der Waals surface area contributed by atoms with E-state index >= 15 is 0 Å². The quantitative estimate of drug-likeness (QED) is 0.707. The Morgan fingerprint density at radius 3 is 2.45 bits per heavy atom. The van der Waals surface area contributed by atoms with E-state index in [1.807, 2.05) is 0 Å². The first-order valence-electron chi connectivity index (χ1n) is 7.95. The molecule has 0 saturated carbocycles. The molecule has 3 nitrogen and oxygen atoms in total. The molecule has 0 spiro atoms. The molecule has 0 unspecified atom stereocenters. The lowest BCUT2D eigenvalue weighted by Gasteiger charge is -2.22. The minimum atomic E-state index is 0. The minimum Gasteiger partial charge on any atom is -0.356 e. The van der Waals surface area contributed by atoms with E-state index in [0.29, 0.717) is 11.8 Å². The van der Waals surface area contributed by atoms with Crippen molar-refractivity contribution >= 4 is 18.3 Å². The van der Waals surface area contributed by atoms with E-state index < -0.39 is 0 Å². The zero-order chi connectivity index (χ0) is 14.1. The Hall–Kier alpha value is -0.280. The van der Waals surface area contributed by atoms with Crippen molar-refractivity contribution in [2.24, 2.45) is 11.3 Å². The highest BCUT2D eigenvalue weighted by atomic mass is 35.5. The normalized spacial score (nSPS) is 16.6. The summed E-state index contributed by atoms with van der Waals surface area (Å²) in [6.45, 7) is 9.90. The Kier molecular flexibility index (Phi) is 10.3. The number of carbonyl (C=O) groups is 1. The van der Waals surface area contributed by atoms with Crippen LogP contribution in [-0.4, -0.2) is 25.5 Å². The highest BCUT2D eigenvalue weighted by Crippen LogP contribution is 2.21. The van der Waals surface area contributed by atoms with E-state index in [0.717, 1.165) is 38.4 Å². The second-order valence-corrected chi connectivity index (χ2v) is 7.10. The van der Waals surface area contributed by atoms with Crippen molar-refractivity contribution in [3.63, 3.8) is 0 Å². The summed E-state index contributed by atoms with van der Waals surface area (Å²) < 4.78 is 0. The Balaban J connectivity index is 0.00000361. The highest BCUT2D eigenvalue weighted by molar-refractivity contribution is 5.85. The molecule has 1 amide bonds. The van der Waals surface area contributed by atoms with E-state index in [4.69, 9.17) is 0 Å². The van der Waals surface area contributed by atoms with Gasteiger partial charge in [-0.05, 0) is 56.5 Å². The third-order valence-corrected chi connectivity index (χ3v) is 3.91. The van der Waals surface area contributed by atoms with Crippen LogP contribution in [0.1, 0.15) is 65.7 Å². The van der Waals surface area contributed by atoms with Gasteiger partial charge in [-0.1, -0.05) is 27.2 Å². The zero-order valence-electron chi connectivity index (χ0n) is 13.5. The number of unbranched alkanes of at least 4 members (excludes halogenated alkanes) is 1. The summed E-state index contributed by atoms with van der Waals surface area (Å²) >= 11 is 0. The molecule has 20 heavy (non-hydrogen) atoms. The smallest absolute Gasteiger partial charge is 0.220 e. The number of halogens is 1. The molecule has 0 aliphatic carbocycles. The molecule has 0 aromatic rings. The van der Waals surface area contributed by atoms with E-state index in [1.165, 1.54) is 25.7 Å². The van der Waals surface area contributed by atoms with Gasteiger partial charge in [-0.3, -0.25) is 4.79 Å². The largest absolute Gasteiger partial charge is 0.356 e. The fourth-order valence-electron chi connectivity index (χ4n) is 2.60. The minimum absolute atomic E-state index is 0. The zero-order valence-corrected chi connectivity index (χ0v) is 14.3. The molecule has 1 aliphatic heterocycles. The number of carbonyl (C=O) groups excluding carboxylic acids is 1. The van der Waals surface area contributed by atoms with E-state index in [2.05, 4.69) is 31.4 Å². The van der Waals surface area contributed by atoms with E-state index in [1.54, 1.807) is 0 Å². The van der Waals surface area contributed by atoms with Crippen molar-refractivity contribution < 1.29 is 4.79 Å². The van der Waals surface area contributed by atoms with Crippen molar-refractivity contribution in [1.82, 2.24) is 10.6 Å². The molecule has 120 valence electrons. The van der Waals surface area contributed by atoms with E-state index in [-0.39, 0.29) is 18.3 Å². The predicted octanol–water partition coefficient (Wildman–Crippen LogP) is 3.52. The molecule has 2 N–H and O–H groups in total. The maximum absolute atomic E-state index is 11.7. The van der Waals surface area contributed by atoms with Gasteiger partial charge in [-0.15, -0.1) is 12.4 Å². The van der Waals surface area contributed by atoms with Gasteiger partial charge in [0.15, 0.2) is 0 Å². The average molecular weight is 305 g/mol. The van der Waals surface area contributed by atoms with Crippen molar-refractivity contribution in [1.29, 1.82) is 0 Å². The van der Waals surface area contributed by atoms with Crippen LogP contribution in [0.4, 0.5) is 0 Å². The number of hydrogen-bond donors (Lipinski definition) is 2. The number of amides is 1. The Morgan fingerprint density at radius 2 is 1.85 bits per heavy atom. The summed E-state index contributed by atoms with van der Waals surface area (Å²) in [6.07, 6.45) is 7.80. The molecule has 1 rings (SSSR count). The SMILES string of the molecule is CC(C)(C)CCCCNC(=O)CCC1CCNCC1.Cl. The van der Waals surface area contributed by atoms with Crippen molar-refractivity contribution in [2.45, 2.75) is 65.7 Å². The summed E-state index contributed by atoms with van der Waals surface area (Å²) in [5, 5.41) is 6.42. The summed E-state index contributed by atoms with van der Waals surface area (Å²) in [6, 6.07) is 0. The number of rotatable bonds is 7. The van der Waals surface area contributed by atoms with Crippen LogP contribution in [0.5, 0.6) is 0 Å². The lowest BCUT2D eigenvalue weighted by Crippen LogP contribution is -2.29. The van der Waals surface area contributed by atoms with Gasteiger partial charge in [0, 0.05) is 13.0 Å². The fourth-order valence-corrected chi connectivity index (χ4v) is 2.60. The molecular weight excluding hydrogens is 272 g/mol. The summed E-state index contributed by atoms with van der Waals surface area (Å²) in [4.78, 5) is 11.7. The molecule has 0 radical (unpaired) electrons. The number of hydrogen-bond acceptors (Lipinski definition) is 2. The molecule has 0 aromatic heterocycles. The van der Waals surface area contributed by atoms with Gasteiger partial charge >= 0.3 is 0 Å². The van der Waals surface area contributed by atoms with Crippen molar-refractivity contribution in [3.8, 4) is 0 Å². The maximum atomic E-state index is 11.7. The monoisotopic (exact) mass is 304 g/mol. The third kappa shape index (κ3) is 10.5. The molecule has 0 bridgehead atoms.